The van der Waals surface area contributed by atoms with E-state index in [1.165, 1.54) is 7.11 Å². The first-order valence-electron chi connectivity index (χ1n) is 7.53. The molecule has 1 aliphatic heterocycles. The van der Waals surface area contributed by atoms with Crippen LogP contribution >= 0.6 is 0 Å². The molecule has 0 radical (unpaired) electrons. The quantitative estimate of drug-likeness (QED) is 0.721. The second-order valence-corrected chi connectivity index (χ2v) is 5.77. The highest BCUT2D eigenvalue weighted by Gasteiger charge is 2.38. The molecule has 1 aromatic rings. The average Bonchev–Trinajstić information content (AvgIpc) is 2.55. The number of carbonyl (C=O) groups excluding carboxylic acids is 1. The van der Waals surface area contributed by atoms with Crippen molar-refractivity contribution in [1.29, 1.82) is 0 Å². The highest BCUT2D eigenvalue weighted by molar-refractivity contribution is 5.95. The van der Waals surface area contributed by atoms with Gasteiger partial charge in [-0.2, -0.15) is 0 Å². The summed E-state index contributed by atoms with van der Waals surface area (Å²) < 4.78 is 19.4. The number of amides is 1. The van der Waals surface area contributed by atoms with Crippen LogP contribution in [0, 0.1) is 12.3 Å². The standard InChI is InChI=1S/C17H22FN3O2/c1-4-8-20-13-6-5-12(10-14(13)23-3)16(22)21-17(2)7-9-19-11-15(17)18/h1,5-6,10,15,19-20H,7-9,11H2,2-3H3,(H,21,22). The second kappa shape index (κ2) is 7.34. The molecule has 2 atom stereocenters. The number of ether oxygens (including phenoxy) is 1. The molecular weight excluding hydrogens is 297 g/mol. The number of hydrogen-bond donors (Lipinski definition) is 3. The summed E-state index contributed by atoms with van der Waals surface area (Å²) in [4.78, 5) is 12.5. The first-order valence-corrected chi connectivity index (χ1v) is 7.53. The van der Waals surface area contributed by atoms with Crippen molar-refractivity contribution in [1.82, 2.24) is 10.6 Å². The van der Waals surface area contributed by atoms with Crippen LogP contribution in [0.3, 0.4) is 0 Å². The van der Waals surface area contributed by atoms with Crippen LogP contribution in [-0.4, -0.2) is 44.4 Å². The fraction of sp³-hybridized carbons (Fsp3) is 0.471. The summed E-state index contributed by atoms with van der Waals surface area (Å²) in [5, 5.41) is 8.81. The van der Waals surface area contributed by atoms with E-state index < -0.39 is 11.7 Å². The minimum Gasteiger partial charge on any atom is -0.495 e. The van der Waals surface area contributed by atoms with Gasteiger partial charge >= 0.3 is 0 Å². The molecule has 5 nitrogen and oxygen atoms in total. The van der Waals surface area contributed by atoms with Gasteiger partial charge in [-0.05, 0) is 38.1 Å². The number of methoxy groups -OCH3 is 1. The van der Waals surface area contributed by atoms with Gasteiger partial charge < -0.3 is 20.7 Å². The van der Waals surface area contributed by atoms with Crippen molar-refractivity contribution < 1.29 is 13.9 Å². The molecule has 6 heteroatoms. The molecule has 3 N–H and O–H groups in total. The zero-order chi connectivity index (χ0) is 16.9. The lowest BCUT2D eigenvalue weighted by molar-refractivity contribution is 0.0765. The topological polar surface area (TPSA) is 62.4 Å². The number of nitrogens with one attached hydrogen (secondary N) is 3. The van der Waals surface area contributed by atoms with E-state index in [0.717, 1.165) is 0 Å². The number of terminal acetylenes is 1. The number of carbonyl (C=O) groups is 1. The molecule has 23 heavy (non-hydrogen) atoms. The average molecular weight is 319 g/mol. The Labute approximate surface area is 136 Å². The van der Waals surface area contributed by atoms with Crippen LogP contribution in [0.4, 0.5) is 10.1 Å². The van der Waals surface area contributed by atoms with E-state index >= 15 is 0 Å². The smallest absolute Gasteiger partial charge is 0.251 e. The van der Waals surface area contributed by atoms with Gasteiger partial charge in [0.05, 0.1) is 24.9 Å². The zero-order valence-corrected chi connectivity index (χ0v) is 13.4. The van der Waals surface area contributed by atoms with E-state index in [2.05, 4.69) is 21.9 Å². The van der Waals surface area contributed by atoms with Crippen molar-refractivity contribution in [3.05, 3.63) is 23.8 Å². The summed E-state index contributed by atoms with van der Waals surface area (Å²) in [7, 11) is 1.52. The Bertz CT molecular complexity index is 614. The largest absolute Gasteiger partial charge is 0.495 e. The minimum absolute atomic E-state index is 0.245. The van der Waals surface area contributed by atoms with Gasteiger partial charge in [-0.25, -0.2) is 4.39 Å². The Hall–Kier alpha value is -2.26. The highest BCUT2D eigenvalue weighted by atomic mass is 19.1. The van der Waals surface area contributed by atoms with E-state index in [1.807, 2.05) is 0 Å². The summed E-state index contributed by atoms with van der Waals surface area (Å²) in [6.45, 7) is 3.01. The summed E-state index contributed by atoms with van der Waals surface area (Å²) in [5.74, 6) is 2.67. The van der Waals surface area contributed by atoms with E-state index in [-0.39, 0.29) is 12.5 Å². The van der Waals surface area contributed by atoms with Gasteiger partial charge in [0.15, 0.2) is 0 Å². The first kappa shape index (κ1) is 17.1. The summed E-state index contributed by atoms with van der Waals surface area (Å²) in [6, 6.07) is 5.00. The first-order chi connectivity index (χ1) is 11.0. The fourth-order valence-electron chi connectivity index (χ4n) is 2.56. The molecule has 0 spiro atoms. The van der Waals surface area contributed by atoms with Crippen molar-refractivity contribution in [3.63, 3.8) is 0 Å². The lowest BCUT2D eigenvalue weighted by Crippen LogP contribution is -2.60. The Morgan fingerprint density at radius 1 is 1.61 bits per heavy atom. The maximum absolute atomic E-state index is 14.1. The van der Waals surface area contributed by atoms with Crippen molar-refractivity contribution >= 4 is 11.6 Å². The van der Waals surface area contributed by atoms with E-state index in [4.69, 9.17) is 11.2 Å². The Kier molecular flexibility index (Phi) is 5.45. The molecular formula is C17H22FN3O2. The summed E-state index contributed by atoms with van der Waals surface area (Å²) in [5.41, 5.74) is 0.259. The van der Waals surface area contributed by atoms with E-state index in [1.54, 1.807) is 25.1 Å². The van der Waals surface area contributed by atoms with Gasteiger partial charge in [-0.3, -0.25) is 4.79 Å². The Morgan fingerprint density at radius 3 is 3.04 bits per heavy atom. The highest BCUT2D eigenvalue weighted by Crippen LogP contribution is 2.27. The minimum atomic E-state index is -1.13. The molecule has 0 aliphatic carbocycles. The predicted octanol–water partition coefficient (Wildman–Crippen LogP) is 1.56. The van der Waals surface area contributed by atoms with Gasteiger partial charge in [0, 0.05) is 12.1 Å². The van der Waals surface area contributed by atoms with Crippen LogP contribution in [0.15, 0.2) is 18.2 Å². The third kappa shape index (κ3) is 3.93. The van der Waals surface area contributed by atoms with Gasteiger partial charge in [-0.15, -0.1) is 6.42 Å². The van der Waals surface area contributed by atoms with E-state index in [0.29, 0.717) is 36.5 Å². The maximum atomic E-state index is 14.1. The molecule has 0 aromatic heterocycles. The number of anilines is 1. The lowest BCUT2D eigenvalue weighted by Gasteiger charge is -2.38. The van der Waals surface area contributed by atoms with Gasteiger partial charge in [0.1, 0.15) is 11.9 Å². The molecule has 1 fully saturated rings. The zero-order valence-electron chi connectivity index (χ0n) is 13.4. The molecule has 1 heterocycles. The fourth-order valence-corrected chi connectivity index (χ4v) is 2.56. The molecule has 124 valence electrons. The molecule has 0 bridgehead atoms. The van der Waals surface area contributed by atoms with Crippen molar-refractivity contribution in [2.75, 3.05) is 32.1 Å². The molecule has 1 aromatic carbocycles. The van der Waals surface area contributed by atoms with Gasteiger partial charge in [-0.1, -0.05) is 5.92 Å². The number of rotatable bonds is 5. The predicted molar refractivity (Wildman–Crippen MR) is 88.6 cm³/mol. The van der Waals surface area contributed by atoms with Crippen LogP contribution in [0.2, 0.25) is 0 Å². The van der Waals surface area contributed by atoms with Crippen LogP contribution in [0.25, 0.3) is 0 Å². The second-order valence-electron chi connectivity index (χ2n) is 5.77. The van der Waals surface area contributed by atoms with Crippen LogP contribution < -0.4 is 20.7 Å². The van der Waals surface area contributed by atoms with Crippen molar-refractivity contribution in [2.24, 2.45) is 0 Å². The van der Waals surface area contributed by atoms with Gasteiger partial charge in [0.2, 0.25) is 0 Å². The molecule has 2 unspecified atom stereocenters. The van der Waals surface area contributed by atoms with Gasteiger partial charge in [0.25, 0.3) is 5.91 Å². The summed E-state index contributed by atoms with van der Waals surface area (Å²) >= 11 is 0. The molecule has 0 saturated carbocycles. The lowest BCUT2D eigenvalue weighted by atomic mass is 9.88. The Morgan fingerprint density at radius 2 is 2.39 bits per heavy atom. The maximum Gasteiger partial charge on any atom is 0.251 e. The molecule has 1 amide bonds. The monoisotopic (exact) mass is 319 g/mol. The summed E-state index contributed by atoms with van der Waals surface area (Å²) in [6.07, 6.45) is 4.63. The number of hydrogen-bond acceptors (Lipinski definition) is 4. The van der Waals surface area contributed by atoms with Crippen molar-refractivity contribution in [3.8, 4) is 18.1 Å². The third-order valence-electron chi connectivity index (χ3n) is 4.08. The van der Waals surface area contributed by atoms with E-state index in [9.17, 15) is 9.18 Å². The number of alkyl halides is 1. The molecule has 2 rings (SSSR count). The van der Waals surface area contributed by atoms with Crippen LogP contribution in [0.5, 0.6) is 5.75 Å². The molecule has 1 saturated heterocycles. The van der Waals surface area contributed by atoms with Crippen LogP contribution in [0.1, 0.15) is 23.7 Å². The SMILES string of the molecule is C#CCNc1ccc(C(=O)NC2(C)CCNCC2F)cc1OC. The number of halogens is 1. The molecule has 1 aliphatic rings. The van der Waals surface area contributed by atoms with Crippen molar-refractivity contribution in [2.45, 2.75) is 25.1 Å². The normalized spacial score (nSPS) is 23.7. The number of benzene rings is 1. The Balaban J connectivity index is 2.14. The van der Waals surface area contributed by atoms with Crippen LogP contribution in [-0.2, 0) is 0 Å². The third-order valence-corrected chi connectivity index (χ3v) is 4.08. The number of piperidine rings is 1.